The second-order valence-electron chi connectivity index (χ2n) is 12.1. The van der Waals surface area contributed by atoms with Crippen molar-refractivity contribution in [1.82, 2.24) is 19.0 Å². The predicted octanol–water partition coefficient (Wildman–Crippen LogP) is 8.88. The molecule has 5 aromatic rings. The van der Waals surface area contributed by atoms with Crippen molar-refractivity contribution in [3.8, 4) is 22.6 Å². The van der Waals surface area contributed by atoms with E-state index in [0.29, 0.717) is 41.5 Å². The molecule has 1 saturated heterocycles. The van der Waals surface area contributed by atoms with Gasteiger partial charge in [0.15, 0.2) is 5.82 Å². The molecule has 0 aliphatic carbocycles. The zero-order valence-electron chi connectivity index (χ0n) is 26.6. The predicted molar refractivity (Wildman–Crippen MR) is 190 cm³/mol. The quantitative estimate of drug-likeness (QED) is 0.168. The average molecular weight is 755 g/mol. The van der Waals surface area contributed by atoms with Gasteiger partial charge < -0.3 is 13.8 Å². The van der Waals surface area contributed by atoms with E-state index in [1.54, 1.807) is 10.7 Å². The number of hydrogen-bond acceptors (Lipinski definition) is 5. The average Bonchev–Trinajstić information content (AvgIpc) is 3.58. The Bertz CT molecular complexity index is 2090. The summed E-state index contributed by atoms with van der Waals surface area (Å²) in [6, 6.07) is 24.7. The van der Waals surface area contributed by atoms with Crippen LogP contribution in [0, 0.1) is 13.8 Å². The molecule has 7 rings (SSSR count). The van der Waals surface area contributed by atoms with E-state index in [1.165, 1.54) is 12.1 Å². The highest BCUT2D eigenvalue weighted by Gasteiger charge is 2.45. The number of nitrogens with zero attached hydrogens (tertiary/aromatic N) is 5. The van der Waals surface area contributed by atoms with Crippen LogP contribution in [0.15, 0.2) is 94.4 Å². The van der Waals surface area contributed by atoms with Gasteiger partial charge in [0, 0.05) is 45.8 Å². The highest BCUT2D eigenvalue weighted by atomic mass is 79.9. The minimum atomic E-state index is -4.47. The molecule has 2 aliphatic heterocycles. The zero-order chi connectivity index (χ0) is 34.0. The third kappa shape index (κ3) is 5.87. The van der Waals surface area contributed by atoms with Crippen molar-refractivity contribution in [2.45, 2.75) is 46.1 Å². The number of benzene rings is 3. The van der Waals surface area contributed by atoms with Gasteiger partial charge in [-0.1, -0.05) is 40.2 Å². The van der Waals surface area contributed by atoms with Crippen molar-refractivity contribution in [2.75, 3.05) is 13.1 Å². The van der Waals surface area contributed by atoms with E-state index in [9.17, 15) is 13.2 Å². The topological polar surface area (TPSA) is 56.8 Å². The smallest absolute Gasteiger partial charge is 0.416 e. The van der Waals surface area contributed by atoms with Crippen LogP contribution >= 0.6 is 22.3 Å². The molecule has 2 aromatic heterocycles. The van der Waals surface area contributed by atoms with E-state index in [0.717, 1.165) is 38.7 Å². The Morgan fingerprint density at radius 1 is 0.896 bits per heavy atom. The van der Waals surface area contributed by atoms with Gasteiger partial charge >= 0.3 is 6.18 Å². The van der Waals surface area contributed by atoms with Gasteiger partial charge in [-0.2, -0.15) is 23.3 Å². The lowest BCUT2D eigenvalue weighted by atomic mass is 10.1. The number of morpholine rings is 1. The van der Waals surface area contributed by atoms with Crippen LogP contribution in [-0.4, -0.2) is 50.2 Å². The lowest BCUT2D eigenvalue weighted by Crippen LogP contribution is -2.46. The first-order valence-electron chi connectivity index (χ1n) is 15.4. The van der Waals surface area contributed by atoms with Crippen LogP contribution in [0.5, 0.6) is 0 Å². The third-order valence-corrected chi connectivity index (χ3v) is 13.0. The van der Waals surface area contributed by atoms with Gasteiger partial charge in [-0.25, -0.2) is 9.35 Å². The van der Waals surface area contributed by atoms with E-state index in [2.05, 4.69) is 20.6 Å². The molecule has 3 aromatic carbocycles. The molecular formula is C35H32BrF3N5O2PS. The first kappa shape index (κ1) is 33.0. The summed E-state index contributed by atoms with van der Waals surface area (Å²) in [6.45, 7) is 8.91. The molecule has 0 amide bonds. The Hall–Kier alpha value is -3.54. The molecule has 1 fully saturated rings. The number of ether oxygens (including phenoxy) is 1. The minimum Gasteiger partial charge on any atom is -0.431 e. The Morgan fingerprint density at radius 3 is 2.23 bits per heavy atom. The molecular weight excluding hydrogens is 722 g/mol. The second kappa shape index (κ2) is 12.4. The van der Waals surface area contributed by atoms with E-state index >= 15 is 0 Å². The molecule has 7 nitrogen and oxygen atoms in total. The van der Waals surface area contributed by atoms with Gasteiger partial charge in [0.2, 0.25) is 12.3 Å². The maximum absolute atomic E-state index is 13.7. The summed E-state index contributed by atoms with van der Waals surface area (Å²) in [5.41, 5.74) is 4.07. The maximum atomic E-state index is 13.7. The number of alkyl halides is 3. The van der Waals surface area contributed by atoms with Crippen molar-refractivity contribution in [1.29, 1.82) is 0 Å². The largest absolute Gasteiger partial charge is 0.431 e. The summed E-state index contributed by atoms with van der Waals surface area (Å²) in [7, 11) is 0. The van der Waals surface area contributed by atoms with Gasteiger partial charge in [-0.15, -0.1) is 0 Å². The van der Waals surface area contributed by atoms with Crippen LogP contribution in [-0.2, 0) is 27.2 Å². The number of aliphatic imine (C=N–C) groups is 1. The Balaban J connectivity index is 1.50. The molecule has 0 bridgehead atoms. The molecule has 13 heteroatoms. The van der Waals surface area contributed by atoms with Gasteiger partial charge in [0.25, 0.3) is 0 Å². The van der Waals surface area contributed by atoms with Crippen LogP contribution < -0.4 is 5.30 Å². The molecule has 0 saturated carbocycles. The van der Waals surface area contributed by atoms with Crippen molar-refractivity contribution < 1.29 is 22.4 Å². The molecule has 4 heterocycles. The van der Waals surface area contributed by atoms with Crippen molar-refractivity contribution in [3.05, 3.63) is 112 Å². The number of para-hydroxylation sites is 1. The van der Waals surface area contributed by atoms with E-state index < -0.39 is 18.2 Å². The molecule has 248 valence electrons. The molecule has 0 N–H and O–H groups in total. The van der Waals surface area contributed by atoms with Crippen molar-refractivity contribution >= 4 is 51.2 Å². The number of rotatable bonds is 5. The van der Waals surface area contributed by atoms with Gasteiger partial charge in [0.05, 0.1) is 23.5 Å². The van der Waals surface area contributed by atoms with Gasteiger partial charge in [0.1, 0.15) is 11.0 Å². The van der Waals surface area contributed by atoms with Crippen LogP contribution in [0.3, 0.4) is 0 Å². The van der Waals surface area contributed by atoms with Gasteiger partial charge in [-0.3, -0.25) is 0 Å². The zero-order valence-corrected chi connectivity index (χ0v) is 29.9. The molecule has 3 atom stereocenters. The Morgan fingerprint density at radius 2 is 1.56 bits per heavy atom. The van der Waals surface area contributed by atoms with E-state index in [-0.39, 0.29) is 12.2 Å². The number of fused-ring (bicyclic) bond motifs is 1. The molecule has 48 heavy (non-hydrogen) atoms. The van der Waals surface area contributed by atoms with Crippen molar-refractivity contribution in [2.24, 2.45) is 4.99 Å². The van der Waals surface area contributed by atoms with Crippen LogP contribution in [0.4, 0.5) is 19.0 Å². The fourth-order valence-electron chi connectivity index (χ4n) is 6.47. The number of aryl methyl sites for hydroxylation is 1. The van der Waals surface area contributed by atoms with Crippen LogP contribution in [0.2, 0.25) is 0 Å². The minimum absolute atomic E-state index is 0.0887. The first-order chi connectivity index (χ1) is 22.8. The Kier molecular flexibility index (Phi) is 8.53. The highest BCUT2D eigenvalue weighted by Crippen LogP contribution is 2.58. The van der Waals surface area contributed by atoms with Crippen LogP contribution in [0.25, 0.3) is 22.6 Å². The molecule has 0 spiro atoms. The van der Waals surface area contributed by atoms with Gasteiger partial charge in [-0.05, 0) is 100 Å². The maximum Gasteiger partial charge on any atom is 0.416 e. The summed E-state index contributed by atoms with van der Waals surface area (Å²) in [4.78, 5) is 5.10. The summed E-state index contributed by atoms with van der Waals surface area (Å²) in [5.74, 6) is 0.975. The summed E-state index contributed by atoms with van der Waals surface area (Å²) in [6.07, 6.45) is -7.76. The summed E-state index contributed by atoms with van der Waals surface area (Å²) < 4.78 is 61.0. The normalized spacial score (nSPS) is 21.5. The molecule has 3 unspecified atom stereocenters. The highest BCUT2D eigenvalue weighted by molar-refractivity contribution is 9.10. The number of aromatic nitrogens is 3. The fourth-order valence-corrected chi connectivity index (χ4v) is 10.4. The van der Waals surface area contributed by atoms with Crippen molar-refractivity contribution in [3.63, 3.8) is 0 Å². The van der Waals surface area contributed by atoms with Crippen LogP contribution in [0.1, 0.15) is 36.4 Å². The number of halogens is 4. The van der Waals surface area contributed by atoms with E-state index in [4.69, 9.17) is 31.2 Å². The molecule has 2 aliphatic rings. The van der Waals surface area contributed by atoms with E-state index in [1.807, 2.05) is 92.9 Å². The summed E-state index contributed by atoms with van der Waals surface area (Å²) in [5, 5.41) is 5.90. The first-order valence-corrected chi connectivity index (χ1v) is 18.9. The third-order valence-electron chi connectivity index (χ3n) is 8.52. The lowest BCUT2D eigenvalue weighted by molar-refractivity contribution is -0.137. The fraction of sp³-hybridized carbons (Fsp3) is 0.257. The Labute approximate surface area is 290 Å². The lowest BCUT2D eigenvalue weighted by Gasteiger charge is -2.42. The monoisotopic (exact) mass is 753 g/mol. The number of hydrogen-bond donors (Lipinski definition) is 0. The standard InChI is InChI=1S/C35H32BrF3N5O2PS/c1-21-17-30(24(4)43(21)29-12-8-9-26(18-29)35(37,38)39)31-32-33(44(41-31)28-10-6-5-7-11-28)40-34(25-13-15-27(36)16-14-25)46-47(32,48)42-19-22(2)45-23(3)20-42/h5-18,22-23H,19-20H2,1-4H3. The SMILES string of the molecule is Cc1cc(-c2nn(-c3ccccc3)c3c2P(=S)(N2CC(C)OC(C)C2)OC(c2ccc(Br)cc2)=N3)c(C)n1-c1cccc(C(F)(F)F)c1. The second-order valence-corrected chi connectivity index (χ2v) is 16.7. The molecule has 0 radical (unpaired) electrons. The summed E-state index contributed by atoms with van der Waals surface area (Å²) >= 11 is 10.2.